The third-order valence-electron chi connectivity index (χ3n) is 4.55. The molecule has 1 rings (SSSR count). The van der Waals surface area contributed by atoms with Crippen molar-refractivity contribution in [2.24, 2.45) is 0 Å². The van der Waals surface area contributed by atoms with Crippen LogP contribution in [-0.4, -0.2) is 25.7 Å². The van der Waals surface area contributed by atoms with Crippen molar-refractivity contribution in [3.63, 3.8) is 0 Å². The number of ether oxygens (including phenoxy) is 2. The highest BCUT2D eigenvalue weighted by Gasteiger charge is 2.25. The average molecular weight is 352 g/mol. The van der Waals surface area contributed by atoms with Crippen LogP contribution < -0.4 is 0 Å². The molecule has 24 heavy (non-hydrogen) atoms. The summed E-state index contributed by atoms with van der Waals surface area (Å²) < 4.78 is 46.9. The smallest absolute Gasteiger partial charge is 0.353 e. The second-order valence-electron chi connectivity index (χ2n) is 6.92. The maximum absolute atomic E-state index is 12.0. The van der Waals surface area contributed by atoms with Crippen molar-refractivity contribution in [3.8, 4) is 0 Å². The van der Waals surface area contributed by atoms with E-state index in [2.05, 4.69) is 0 Å². The molecule has 0 spiro atoms. The maximum atomic E-state index is 12.0. The second-order valence-corrected chi connectivity index (χ2v) is 6.92. The monoisotopic (exact) mass is 352 g/mol. The largest absolute Gasteiger partial charge is 0.389 e. The number of unbranched alkanes of at least 4 members (excludes halogenated alkanes) is 11. The summed E-state index contributed by atoms with van der Waals surface area (Å²) in [6.45, 7) is 1.66. The number of hydrogen-bond acceptors (Lipinski definition) is 2. The summed E-state index contributed by atoms with van der Waals surface area (Å²) in [5, 5.41) is 0. The SMILES string of the molecule is FC(F)(F)CCCCCCCCCCCCCCOC1CCCO1. The van der Waals surface area contributed by atoms with Crippen LogP contribution in [0.4, 0.5) is 13.2 Å². The molecule has 1 fully saturated rings. The Morgan fingerprint density at radius 3 is 1.71 bits per heavy atom. The second kappa shape index (κ2) is 13.9. The van der Waals surface area contributed by atoms with Crippen LogP contribution in [0.15, 0.2) is 0 Å². The maximum Gasteiger partial charge on any atom is 0.389 e. The molecule has 1 atom stereocenters. The number of alkyl halides is 3. The predicted molar refractivity (Wildman–Crippen MR) is 91.0 cm³/mol. The molecule has 0 N–H and O–H groups in total. The molecule has 1 saturated heterocycles. The summed E-state index contributed by atoms with van der Waals surface area (Å²) in [4.78, 5) is 0. The van der Waals surface area contributed by atoms with Crippen LogP contribution in [0.25, 0.3) is 0 Å². The predicted octanol–water partition coefficient (Wildman–Crippen LogP) is 6.77. The van der Waals surface area contributed by atoms with E-state index in [1.807, 2.05) is 0 Å². The molecular weight excluding hydrogens is 317 g/mol. The molecule has 0 radical (unpaired) electrons. The molecule has 1 aliphatic heterocycles. The molecule has 0 saturated carbocycles. The van der Waals surface area contributed by atoms with Crippen molar-refractivity contribution in [2.45, 2.75) is 109 Å². The molecule has 0 aliphatic carbocycles. The molecule has 1 aliphatic rings. The van der Waals surface area contributed by atoms with Gasteiger partial charge in [0.1, 0.15) is 0 Å². The van der Waals surface area contributed by atoms with Crippen LogP contribution in [-0.2, 0) is 9.47 Å². The van der Waals surface area contributed by atoms with E-state index in [0.717, 1.165) is 45.3 Å². The van der Waals surface area contributed by atoms with Gasteiger partial charge in [-0.1, -0.05) is 64.2 Å². The molecule has 144 valence electrons. The molecule has 5 heteroatoms. The summed E-state index contributed by atoms with van der Waals surface area (Å²) >= 11 is 0. The van der Waals surface area contributed by atoms with Crippen LogP contribution in [0.2, 0.25) is 0 Å². The number of rotatable bonds is 15. The van der Waals surface area contributed by atoms with E-state index >= 15 is 0 Å². The van der Waals surface area contributed by atoms with Crippen LogP contribution in [0.3, 0.4) is 0 Å². The molecule has 0 aromatic heterocycles. The van der Waals surface area contributed by atoms with Crippen molar-refractivity contribution in [3.05, 3.63) is 0 Å². The summed E-state index contributed by atoms with van der Waals surface area (Å²) in [6, 6.07) is 0. The lowest BCUT2D eigenvalue weighted by atomic mass is 10.0. The fourth-order valence-corrected chi connectivity index (χ4v) is 3.09. The lowest BCUT2D eigenvalue weighted by molar-refractivity contribution is -0.135. The minimum atomic E-state index is -3.98. The van der Waals surface area contributed by atoms with Gasteiger partial charge in [-0.15, -0.1) is 0 Å². The molecular formula is C19H35F3O2. The zero-order valence-corrected chi connectivity index (χ0v) is 15.0. The molecule has 0 aromatic carbocycles. The van der Waals surface area contributed by atoms with E-state index in [4.69, 9.17) is 9.47 Å². The van der Waals surface area contributed by atoms with Crippen molar-refractivity contribution in [1.82, 2.24) is 0 Å². The van der Waals surface area contributed by atoms with E-state index in [0.29, 0.717) is 12.8 Å². The first-order chi connectivity index (χ1) is 11.6. The Morgan fingerprint density at radius 2 is 1.25 bits per heavy atom. The first kappa shape index (κ1) is 21.8. The first-order valence-electron chi connectivity index (χ1n) is 9.88. The van der Waals surface area contributed by atoms with Gasteiger partial charge in [-0.05, 0) is 19.3 Å². The fraction of sp³-hybridized carbons (Fsp3) is 1.00. The minimum Gasteiger partial charge on any atom is -0.353 e. The van der Waals surface area contributed by atoms with Gasteiger partial charge in [0.25, 0.3) is 0 Å². The highest BCUT2D eigenvalue weighted by molar-refractivity contribution is 4.55. The van der Waals surface area contributed by atoms with E-state index < -0.39 is 12.6 Å². The quantitative estimate of drug-likeness (QED) is 0.303. The molecule has 0 aromatic rings. The molecule has 2 nitrogen and oxygen atoms in total. The van der Waals surface area contributed by atoms with Gasteiger partial charge in [-0.3, -0.25) is 0 Å². The normalized spacial score (nSPS) is 18.4. The summed E-state index contributed by atoms with van der Waals surface area (Å²) in [6.07, 6.45) is 10.5. The van der Waals surface area contributed by atoms with Gasteiger partial charge in [-0.25, -0.2) is 0 Å². The molecule has 0 bridgehead atoms. The van der Waals surface area contributed by atoms with Gasteiger partial charge < -0.3 is 9.47 Å². The molecule has 1 heterocycles. The van der Waals surface area contributed by atoms with Crippen molar-refractivity contribution < 1.29 is 22.6 Å². The Hall–Kier alpha value is -0.290. The topological polar surface area (TPSA) is 18.5 Å². The third-order valence-corrected chi connectivity index (χ3v) is 4.55. The highest BCUT2D eigenvalue weighted by atomic mass is 19.4. The third kappa shape index (κ3) is 14.1. The van der Waals surface area contributed by atoms with Crippen molar-refractivity contribution in [2.75, 3.05) is 13.2 Å². The highest BCUT2D eigenvalue weighted by Crippen LogP contribution is 2.23. The summed E-state index contributed by atoms with van der Waals surface area (Å²) in [5.74, 6) is 0. The van der Waals surface area contributed by atoms with Crippen LogP contribution in [0.5, 0.6) is 0 Å². The molecule has 1 unspecified atom stereocenters. The van der Waals surface area contributed by atoms with Gasteiger partial charge in [0, 0.05) is 26.1 Å². The standard InChI is InChI=1S/C19H35F3O2/c20-19(21,22)15-11-9-7-5-3-1-2-4-6-8-10-12-16-23-18-14-13-17-24-18/h18H,1-17H2. The van der Waals surface area contributed by atoms with Gasteiger partial charge in [-0.2, -0.15) is 13.2 Å². The van der Waals surface area contributed by atoms with Crippen molar-refractivity contribution >= 4 is 0 Å². The Bertz CT molecular complexity index is 276. The van der Waals surface area contributed by atoms with Gasteiger partial charge >= 0.3 is 6.18 Å². The minimum absolute atomic E-state index is 0.0541. The van der Waals surface area contributed by atoms with E-state index in [-0.39, 0.29) is 6.29 Å². The zero-order valence-electron chi connectivity index (χ0n) is 15.0. The van der Waals surface area contributed by atoms with Gasteiger partial charge in [0.05, 0.1) is 0 Å². The van der Waals surface area contributed by atoms with Crippen LogP contribution in [0, 0.1) is 0 Å². The Morgan fingerprint density at radius 1 is 0.750 bits per heavy atom. The lowest BCUT2D eigenvalue weighted by Crippen LogP contribution is -2.11. The summed E-state index contributed by atoms with van der Waals surface area (Å²) in [7, 11) is 0. The van der Waals surface area contributed by atoms with Crippen LogP contribution >= 0.6 is 0 Å². The van der Waals surface area contributed by atoms with Gasteiger partial charge in [0.15, 0.2) is 6.29 Å². The fourth-order valence-electron chi connectivity index (χ4n) is 3.09. The Balaban J connectivity index is 1.67. The number of hydrogen-bond donors (Lipinski definition) is 0. The van der Waals surface area contributed by atoms with Gasteiger partial charge in [0.2, 0.25) is 0 Å². The lowest BCUT2D eigenvalue weighted by Gasteiger charge is -2.10. The van der Waals surface area contributed by atoms with E-state index in [1.54, 1.807) is 0 Å². The Labute approximate surface area is 145 Å². The zero-order chi connectivity index (χ0) is 17.5. The van der Waals surface area contributed by atoms with E-state index in [1.165, 1.54) is 44.9 Å². The molecule has 0 amide bonds. The van der Waals surface area contributed by atoms with Crippen molar-refractivity contribution in [1.29, 1.82) is 0 Å². The number of halogens is 3. The van der Waals surface area contributed by atoms with Crippen LogP contribution in [0.1, 0.15) is 96.3 Å². The first-order valence-corrected chi connectivity index (χ1v) is 9.88. The Kier molecular flexibility index (Phi) is 12.6. The average Bonchev–Trinajstić information content (AvgIpc) is 3.03. The summed E-state index contributed by atoms with van der Waals surface area (Å²) in [5.41, 5.74) is 0. The van der Waals surface area contributed by atoms with E-state index in [9.17, 15) is 13.2 Å².